The fraction of sp³-hybridized carbons (Fsp3) is 0.167. The van der Waals surface area contributed by atoms with Gasteiger partial charge in [0.2, 0.25) is 5.91 Å². The molecule has 6 heteroatoms. The summed E-state index contributed by atoms with van der Waals surface area (Å²) in [6.45, 7) is 2.56. The molecule has 2 aromatic rings. The Labute approximate surface area is 150 Å². The number of thioether (sulfide) groups is 1. The molecule has 1 amide bonds. The van der Waals surface area contributed by atoms with Gasteiger partial charge in [-0.3, -0.25) is 9.69 Å². The molecule has 2 aromatic carbocycles. The molecule has 0 radical (unpaired) electrons. The summed E-state index contributed by atoms with van der Waals surface area (Å²) >= 11 is 7.27. The van der Waals surface area contributed by atoms with E-state index in [0.29, 0.717) is 22.5 Å². The smallest absolute Gasteiger partial charge is 0.239 e. The van der Waals surface area contributed by atoms with Crippen molar-refractivity contribution in [1.29, 1.82) is 0 Å². The first-order valence-corrected chi connectivity index (χ1v) is 8.84. The van der Waals surface area contributed by atoms with Crippen LogP contribution in [0.5, 0.6) is 0 Å². The zero-order valence-electron chi connectivity index (χ0n) is 13.1. The molecule has 1 saturated heterocycles. The second kappa shape index (κ2) is 7.64. The van der Waals surface area contributed by atoms with Crippen LogP contribution in [-0.4, -0.2) is 27.9 Å². The maximum atomic E-state index is 12.1. The molecule has 4 nitrogen and oxygen atoms in total. The number of halogens is 1. The Morgan fingerprint density at radius 2 is 1.96 bits per heavy atom. The van der Waals surface area contributed by atoms with Crippen molar-refractivity contribution in [2.24, 2.45) is 10.2 Å². The number of amides is 1. The highest BCUT2D eigenvalue weighted by Gasteiger charge is 2.28. The van der Waals surface area contributed by atoms with Gasteiger partial charge in [0.1, 0.15) is 0 Å². The molecule has 0 saturated carbocycles. The molecule has 24 heavy (non-hydrogen) atoms. The molecule has 3 rings (SSSR count). The van der Waals surface area contributed by atoms with Crippen LogP contribution >= 0.6 is 23.4 Å². The molecule has 0 unspecified atom stereocenters. The third kappa shape index (κ3) is 4.04. The van der Waals surface area contributed by atoms with E-state index in [-0.39, 0.29) is 5.91 Å². The maximum Gasteiger partial charge on any atom is 0.239 e. The van der Waals surface area contributed by atoms with Gasteiger partial charge < -0.3 is 0 Å². The lowest BCUT2D eigenvalue weighted by atomic mass is 10.1. The zero-order chi connectivity index (χ0) is 16.9. The van der Waals surface area contributed by atoms with Crippen molar-refractivity contribution in [3.05, 3.63) is 70.2 Å². The van der Waals surface area contributed by atoms with E-state index in [0.717, 1.165) is 16.7 Å². The van der Waals surface area contributed by atoms with Crippen LogP contribution in [0.2, 0.25) is 5.02 Å². The number of hydrogen-bond donors (Lipinski definition) is 0. The van der Waals surface area contributed by atoms with Gasteiger partial charge in [-0.15, -0.1) is 5.10 Å². The third-order valence-corrected chi connectivity index (χ3v) is 4.87. The zero-order valence-corrected chi connectivity index (χ0v) is 14.7. The summed E-state index contributed by atoms with van der Waals surface area (Å²) in [6.07, 6.45) is 1.65. The summed E-state index contributed by atoms with van der Waals surface area (Å²) in [5.41, 5.74) is 3.18. The Hall–Kier alpha value is -2.11. The molecule has 0 atom stereocenters. The first-order valence-electron chi connectivity index (χ1n) is 7.48. The molecular formula is C18H16ClN3OS. The average Bonchev–Trinajstić information content (AvgIpc) is 2.92. The molecule has 122 valence electrons. The van der Waals surface area contributed by atoms with Crippen LogP contribution in [0, 0.1) is 6.92 Å². The summed E-state index contributed by atoms with van der Waals surface area (Å²) in [6, 6.07) is 15.4. The molecule has 0 aromatic heterocycles. The van der Waals surface area contributed by atoms with Crippen LogP contribution in [-0.2, 0) is 11.3 Å². The van der Waals surface area contributed by atoms with Crippen molar-refractivity contribution in [2.45, 2.75) is 13.5 Å². The number of benzene rings is 2. The van der Waals surface area contributed by atoms with E-state index in [2.05, 4.69) is 10.2 Å². The van der Waals surface area contributed by atoms with Gasteiger partial charge in [0.25, 0.3) is 0 Å². The predicted molar refractivity (Wildman–Crippen MR) is 101 cm³/mol. The van der Waals surface area contributed by atoms with Gasteiger partial charge in [0, 0.05) is 5.02 Å². The van der Waals surface area contributed by atoms with Gasteiger partial charge in [-0.1, -0.05) is 59.8 Å². The van der Waals surface area contributed by atoms with Gasteiger partial charge in [0.15, 0.2) is 5.17 Å². The van der Waals surface area contributed by atoms with E-state index in [1.807, 2.05) is 43.3 Å². The largest absolute Gasteiger partial charge is 0.285 e. The Bertz CT molecular complexity index is 802. The van der Waals surface area contributed by atoms with Crippen LogP contribution in [0.3, 0.4) is 0 Å². The minimum Gasteiger partial charge on any atom is -0.285 e. The third-order valence-electron chi connectivity index (χ3n) is 3.67. The predicted octanol–water partition coefficient (Wildman–Crippen LogP) is 4.11. The van der Waals surface area contributed by atoms with Crippen LogP contribution in [0.4, 0.5) is 0 Å². The fourth-order valence-electron chi connectivity index (χ4n) is 2.28. The molecule has 0 aliphatic carbocycles. The van der Waals surface area contributed by atoms with Crippen molar-refractivity contribution < 1.29 is 4.79 Å². The van der Waals surface area contributed by atoms with Crippen molar-refractivity contribution in [1.82, 2.24) is 4.90 Å². The first-order chi connectivity index (χ1) is 11.6. The maximum absolute atomic E-state index is 12.1. The van der Waals surface area contributed by atoms with Gasteiger partial charge in [-0.2, -0.15) is 5.10 Å². The van der Waals surface area contributed by atoms with Crippen LogP contribution in [0.25, 0.3) is 0 Å². The van der Waals surface area contributed by atoms with Gasteiger partial charge in [-0.25, -0.2) is 0 Å². The molecule has 1 heterocycles. The summed E-state index contributed by atoms with van der Waals surface area (Å²) in [7, 11) is 0. The standard InChI is InChI=1S/C18H16ClN3OS/c1-13-4-2-3-5-15(13)11-22-17(23)12-24-18(22)21-20-10-14-6-8-16(19)9-7-14/h2-10H,11-12H2,1H3. The van der Waals surface area contributed by atoms with E-state index in [1.165, 1.54) is 11.8 Å². The Morgan fingerprint density at radius 3 is 2.71 bits per heavy atom. The minimum atomic E-state index is 0.0590. The second-order valence-electron chi connectivity index (χ2n) is 5.37. The average molecular weight is 358 g/mol. The van der Waals surface area contributed by atoms with Crippen molar-refractivity contribution in [3.8, 4) is 0 Å². The van der Waals surface area contributed by atoms with Crippen molar-refractivity contribution in [2.75, 3.05) is 5.75 Å². The van der Waals surface area contributed by atoms with Crippen molar-refractivity contribution >= 4 is 40.7 Å². The molecule has 0 bridgehead atoms. The van der Waals surface area contributed by atoms with Crippen LogP contribution in [0.1, 0.15) is 16.7 Å². The summed E-state index contributed by atoms with van der Waals surface area (Å²) in [4.78, 5) is 13.8. The van der Waals surface area contributed by atoms with Crippen molar-refractivity contribution in [3.63, 3.8) is 0 Å². The SMILES string of the molecule is Cc1ccccc1CN1C(=O)CSC1=NN=Cc1ccc(Cl)cc1. The Kier molecular flexibility index (Phi) is 5.33. The van der Waals surface area contributed by atoms with E-state index in [1.54, 1.807) is 23.2 Å². The van der Waals surface area contributed by atoms with E-state index in [4.69, 9.17) is 11.6 Å². The number of carbonyl (C=O) groups is 1. The van der Waals surface area contributed by atoms with Crippen LogP contribution in [0.15, 0.2) is 58.7 Å². The summed E-state index contributed by atoms with van der Waals surface area (Å²) < 4.78 is 0. The number of hydrogen-bond acceptors (Lipinski definition) is 4. The highest BCUT2D eigenvalue weighted by Crippen LogP contribution is 2.23. The van der Waals surface area contributed by atoms with Gasteiger partial charge in [0.05, 0.1) is 18.5 Å². The quantitative estimate of drug-likeness (QED) is 0.610. The second-order valence-corrected chi connectivity index (χ2v) is 6.75. The van der Waals surface area contributed by atoms with E-state index in [9.17, 15) is 4.79 Å². The number of carbonyl (C=O) groups excluding carboxylic acids is 1. The molecule has 0 N–H and O–H groups in total. The normalized spacial score (nSPS) is 16.5. The fourth-order valence-corrected chi connectivity index (χ4v) is 3.24. The topological polar surface area (TPSA) is 45.0 Å². The lowest BCUT2D eigenvalue weighted by Gasteiger charge is -2.16. The van der Waals surface area contributed by atoms with E-state index < -0.39 is 0 Å². The summed E-state index contributed by atoms with van der Waals surface area (Å²) in [5, 5.41) is 9.64. The highest BCUT2D eigenvalue weighted by atomic mass is 35.5. The highest BCUT2D eigenvalue weighted by molar-refractivity contribution is 8.15. The Balaban J connectivity index is 1.75. The molecule has 1 aliphatic heterocycles. The van der Waals surface area contributed by atoms with Gasteiger partial charge >= 0.3 is 0 Å². The lowest BCUT2D eigenvalue weighted by Crippen LogP contribution is -2.29. The minimum absolute atomic E-state index is 0.0590. The first kappa shape index (κ1) is 16.7. The molecule has 0 spiro atoms. The molecule has 1 fully saturated rings. The molecule has 1 aliphatic rings. The number of rotatable bonds is 4. The number of amidine groups is 1. The monoisotopic (exact) mass is 357 g/mol. The van der Waals surface area contributed by atoms with E-state index >= 15 is 0 Å². The number of nitrogens with zero attached hydrogens (tertiary/aromatic N) is 3. The Morgan fingerprint density at radius 1 is 1.21 bits per heavy atom. The lowest BCUT2D eigenvalue weighted by molar-refractivity contribution is -0.124. The van der Waals surface area contributed by atoms with Crippen LogP contribution < -0.4 is 0 Å². The molecular weight excluding hydrogens is 342 g/mol. The number of aryl methyl sites for hydroxylation is 1. The summed E-state index contributed by atoms with van der Waals surface area (Å²) in [5.74, 6) is 0.463. The van der Waals surface area contributed by atoms with Gasteiger partial charge in [-0.05, 0) is 35.7 Å².